The molecule has 2 aromatic rings. The van der Waals surface area contributed by atoms with E-state index in [1.165, 1.54) is 11.1 Å². The van der Waals surface area contributed by atoms with E-state index in [1.807, 2.05) is 13.0 Å². The van der Waals surface area contributed by atoms with Gasteiger partial charge in [0.25, 0.3) is 0 Å². The van der Waals surface area contributed by atoms with Crippen LogP contribution < -0.4 is 0 Å². The smallest absolute Gasteiger partial charge is 0.0992 e. The van der Waals surface area contributed by atoms with E-state index >= 15 is 0 Å². The van der Waals surface area contributed by atoms with E-state index in [2.05, 4.69) is 36.2 Å². The van der Waals surface area contributed by atoms with Crippen LogP contribution in [0.15, 0.2) is 41.6 Å². The van der Waals surface area contributed by atoms with Gasteiger partial charge in [-0.3, -0.25) is 0 Å². The molecular weight excluding hydrogens is 242 g/mol. The molecule has 1 aromatic heterocycles. The standard InChI is InChI=1S/C15H17NOS/c1-11-5-3-4-6-14(11)10-18-15-12(2)7-13(9-17)8-16-15/h3-8,17H,9-10H2,1-2H3. The summed E-state index contributed by atoms with van der Waals surface area (Å²) in [5.74, 6) is 0.930. The van der Waals surface area contributed by atoms with E-state index in [-0.39, 0.29) is 6.61 Å². The van der Waals surface area contributed by atoms with Crippen molar-refractivity contribution in [1.82, 2.24) is 4.98 Å². The molecule has 0 bridgehead atoms. The number of aryl methyl sites for hydroxylation is 2. The normalized spacial score (nSPS) is 10.6. The number of hydrogen-bond acceptors (Lipinski definition) is 3. The average molecular weight is 259 g/mol. The quantitative estimate of drug-likeness (QED) is 0.853. The first-order valence-electron chi connectivity index (χ1n) is 5.94. The van der Waals surface area contributed by atoms with Crippen LogP contribution in [0.1, 0.15) is 22.3 Å². The van der Waals surface area contributed by atoms with Crippen molar-refractivity contribution >= 4 is 11.8 Å². The third kappa shape index (κ3) is 3.12. The van der Waals surface area contributed by atoms with Crippen molar-refractivity contribution in [2.45, 2.75) is 31.2 Å². The van der Waals surface area contributed by atoms with E-state index < -0.39 is 0 Å². The lowest BCUT2D eigenvalue weighted by Gasteiger charge is -2.08. The summed E-state index contributed by atoms with van der Waals surface area (Å²) in [5, 5.41) is 10.1. The Morgan fingerprint density at radius 3 is 2.61 bits per heavy atom. The van der Waals surface area contributed by atoms with Crippen LogP contribution in [-0.4, -0.2) is 10.1 Å². The summed E-state index contributed by atoms with van der Waals surface area (Å²) in [6, 6.07) is 10.4. The summed E-state index contributed by atoms with van der Waals surface area (Å²) in [4.78, 5) is 4.40. The van der Waals surface area contributed by atoms with Crippen molar-refractivity contribution in [3.05, 3.63) is 58.8 Å². The molecule has 0 radical (unpaired) electrons. The van der Waals surface area contributed by atoms with E-state index in [0.717, 1.165) is 21.9 Å². The number of rotatable bonds is 4. The Bertz CT molecular complexity index is 540. The summed E-state index contributed by atoms with van der Waals surface area (Å²) >= 11 is 1.74. The third-order valence-corrected chi connectivity index (χ3v) is 4.05. The van der Waals surface area contributed by atoms with Gasteiger partial charge in [-0.2, -0.15) is 0 Å². The summed E-state index contributed by atoms with van der Waals surface area (Å²) in [5.41, 5.74) is 4.65. The number of thioether (sulfide) groups is 1. The molecule has 0 saturated carbocycles. The fraction of sp³-hybridized carbons (Fsp3) is 0.267. The van der Waals surface area contributed by atoms with Crippen molar-refractivity contribution in [3.63, 3.8) is 0 Å². The highest BCUT2D eigenvalue weighted by atomic mass is 32.2. The molecule has 2 nitrogen and oxygen atoms in total. The first-order valence-corrected chi connectivity index (χ1v) is 6.93. The molecule has 0 aliphatic carbocycles. The van der Waals surface area contributed by atoms with Gasteiger partial charge in [0.1, 0.15) is 0 Å². The van der Waals surface area contributed by atoms with Gasteiger partial charge in [0.15, 0.2) is 0 Å². The monoisotopic (exact) mass is 259 g/mol. The van der Waals surface area contributed by atoms with Gasteiger partial charge in [0.05, 0.1) is 11.6 Å². The highest BCUT2D eigenvalue weighted by Gasteiger charge is 2.04. The summed E-state index contributed by atoms with van der Waals surface area (Å²) in [6.07, 6.45) is 1.74. The SMILES string of the molecule is Cc1ccccc1CSc1ncc(CO)cc1C. The largest absolute Gasteiger partial charge is 0.392 e. The molecular formula is C15H17NOS. The van der Waals surface area contributed by atoms with Crippen LogP contribution in [-0.2, 0) is 12.4 Å². The van der Waals surface area contributed by atoms with Crippen molar-refractivity contribution in [3.8, 4) is 0 Å². The first-order chi connectivity index (χ1) is 8.70. The number of aromatic nitrogens is 1. The number of hydrogen-bond donors (Lipinski definition) is 1. The molecule has 94 valence electrons. The van der Waals surface area contributed by atoms with Gasteiger partial charge >= 0.3 is 0 Å². The summed E-state index contributed by atoms with van der Waals surface area (Å²) < 4.78 is 0. The van der Waals surface area contributed by atoms with E-state index in [1.54, 1.807) is 18.0 Å². The molecule has 0 fully saturated rings. The van der Waals surface area contributed by atoms with Gasteiger partial charge in [-0.15, -0.1) is 11.8 Å². The second-order valence-electron chi connectivity index (χ2n) is 4.34. The zero-order chi connectivity index (χ0) is 13.0. The Hall–Kier alpha value is -1.32. The van der Waals surface area contributed by atoms with Crippen LogP contribution in [0.2, 0.25) is 0 Å². The van der Waals surface area contributed by atoms with Gasteiger partial charge < -0.3 is 5.11 Å². The van der Waals surface area contributed by atoms with Gasteiger partial charge in [0.2, 0.25) is 0 Å². The molecule has 1 heterocycles. The van der Waals surface area contributed by atoms with Crippen LogP contribution >= 0.6 is 11.8 Å². The maximum atomic E-state index is 9.05. The minimum atomic E-state index is 0.0522. The molecule has 1 N–H and O–H groups in total. The van der Waals surface area contributed by atoms with Crippen LogP contribution in [0, 0.1) is 13.8 Å². The molecule has 0 spiro atoms. The number of pyridine rings is 1. The molecule has 3 heteroatoms. The third-order valence-electron chi connectivity index (χ3n) is 2.90. The lowest BCUT2D eigenvalue weighted by Crippen LogP contribution is -1.92. The van der Waals surface area contributed by atoms with Crippen LogP contribution in [0.5, 0.6) is 0 Å². The molecule has 0 unspecified atom stereocenters. The number of aliphatic hydroxyl groups excluding tert-OH is 1. The second kappa shape index (κ2) is 6.03. The number of aliphatic hydroxyl groups is 1. The van der Waals surface area contributed by atoms with Gasteiger partial charge in [-0.1, -0.05) is 24.3 Å². The zero-order valence-electron chi connectivity index (χ0n) is 10.7. The Labute approximate surface area is 112 Å². The maximum absolute atomic E-state index is 9.05. The molecule has 0 atom stereocenters. The Morgan fingerprint density at radius 2 is 1.94 bits per heavy atom. The predicted octanol–water partition coefficient (Wildman–Crippen LogP) is 3.48. The number of benzene rings is 1. The van der Waals surface area contributed by atoms with Gasteiger partial charge in [-0.25, -0.2) is 4.98 Å². The maximum Gasteiger partial charge on any atom is 0.0992 e. The summed E-state index contributed by atoms with van der Waals surface area (Å²) in [7, 11) is 0. The Balaban J connectivity index is 2.09. The van der Waals surface area contributed by atoms with Crippen LogP contribution in [0.3, 0.4) is 0 Å². The van der Waals surface area contributed by atoms with E-state index in [0.29, 0.717) is 0 Å². The second-order valence-corrected chi connectivity index (χ2v) is 5.30. The molecule has 0 amide bonds. The van der Waals surface area contributed by atoms with E-state index in [9.17, 15) is 0 Å². The topological polar surface area (TPSA) is 33.1 Å². The van der Waals surface area contributed by atoms with Crippen LogP contribution in [0.4, 0.5) is 0 Å². The Morgan fingerprint density at radius 1 is 1.17 bits per heavy atom. The average Bonchev–Trinajstić information content (AvgIpc) is 2.39. The van der Waals surface area contributed by atoms with Gasteiger partial charge in [0, 0.05) is 11.9 Å². The molecule has 0 aliphatic heterocycles. The lowest BCUT2D eigenvalue weighted by atomic mass is 10.1. The molecule has 0 aliphatic rings. The minimum Gasteiger partial charge on any atom is -0.392 e. The van der Waals surface area contributed by atoms with E-state index in [4.69, 9.17) is 5.11 Å². The van der Waals surface area contributed by atoms with Crippen molar-refractivity contribution in [2.75, 3.05) is 0 Å². The molecule has 18 heavy (non-hydrogen) atoms. The van der Waals surface area contributed by atoms with Gasteiger partial charge in [-0.05, 0) is 42.2 Å². The predicted molar refractivity (Wildman–Crippen MR) is 75.6 cm³/mol. The highest BCUT2D eigenvalue weighted by molar-refractivity contribution is 7.98. The lowest BCUT2D eigenvalue weighted by molar-refractivity contribution is 0.281. The minimum absolute atomic E-state index is 0.0522. The fourth-order valence-electron chi connectivity index (χ4n) is 1.78. The van der Waals surface area contributed by atoms with Crippen molar-refractivity contribution in [1.29, 1.82) is 0 Å². The summed E-state index contributed by atoms with van der Waals surface area (Å²) in [6.45, 7) is 4.22. The highest BCUT2D eigenvalue weighted by Crippen LogP contribution is 2.25. The number of nitrogens with zero attached hydrogens (tertiary/aromatic N) is 1. The Kier molecular flexibility index (Phi) is 4.39. The zero-order valence-corrected chi connectivity index (χ0v) is 11.5. The van der Waals surface area contributed by atoms with Crippen molar-refractivity contribution in [2.24, 2.45) is 0 Å². The molecule has 1 aromatic carbocycles. The van der Waals surface area contributed by atoms with Crippen molar-refractivity contribution < 1.29 is 5.11 Å². The molecule has 2 rings (SSSR count). The fourth-order valence-corrected chi connectivity index (χ4v) is 2.81. The first kappa shape index (κ1) is 13.1. The molecule has 0 saturated heterocycles. The van der Waals surface area contributed by atoms with Crippen LogP contribution in [0.25, 0.3) is 0 Å².